The number of hydrogen-bond donors (Lipinski definition) is 0. The summed E-state index contributed by atoms with van der Waals surface area (Å²) in [5.74, 6) is 1.84. The predicted octanol–water partition coefficient (Wildman–Crippen LogP) is 1.63. The van der Waals surface area contributed by atoms with Crippen molar-refractivity contribution in [1.29, 1.82) is 0 Å². The van der Waals surface area contributed by atoms with E-state index >= 15 is 0 Å². The van der Waals surface area contributed by atoms with Gasteiger partial charge in [0.15, 0.2) is 0 Å². The third-order valence-electron chi connectivity index (χ3n) is 2.87. The molecule has 2 rings (SSSR count). The van der Waals surface area contributed by atoms with Crippen LogP contribution in [0.5, 0.6) is 0 Å². The summed E-state index contributed by atoms with van der Waals surface area (Å²) in [4.78, 5) is 18.0. The van der Waals surface area contributed by atoms with E-state index in [2.05, 4.69) is 9.55 Å². The van der Waals surface area contributed by atoms with E-state index in [1.165, 1.54) is 0 Å². The van der Waals surface area contributed by atoms with Crippen molar-refractivity contribution in [3.63, 3.8) is 0 Å². The van der Waals surface area contributed by atoms with E-state index in [1.54, 1.807) is 6.20 Å². The molecule has 0 aliphatic carbocycles. The summed E-state index contributed by atoms with van der Waals surface area (Å²) in [5, 5.41) is 0. The number of imidazole rings is 1. The van der Waals surface area contributed by atoms with E-state index in [1.807, 2.05) is 11.1 Å². The van der Waals surface area contributed by atoms with Crippen molar-refractivity contribution in [2.75, 3.05) is 12.4 Å². The van der Waals surface area contributed by atoms with Crippen molar-refractivity contribution in [2.24, 2.45) is 0 Å². The molecule has 0 spiro atoms. The van der Waals surface area contributed by atoms with Crippen molar-refractivity contribution < 1.29 is 4.79 Å². The van der Waals surface area contributed by atoms with Crippen LogP contribution in [-0.2, 0) is 17.9 Å². The molecule has 0 atom stereocenters. The molecule has 0 N–H and O–H groups in total. The second-order valence-electron chi connectivity index (χ2n) is 4.00. The molecule has 2 heterocycles. The lowest BCUT2D eigenvalue weighted by atomic mass is 10.2. The van der Waals surface area contributed by atoms with Crippen LogP contribution in [-0.4, -0.2) is 32.8 Å². The molecule has 16 heavy (non-hydrogen) atoms. The fourth-order valence-electron chi connectivity index (χ4n) is 1.92. The second-order valence-corrected chi connectivity index (χ2v) is 4.38. The van der Waals surface area contributed by atoms with E-state index in [9.17, 15) is 4.79 Å². The zero-order valence-electron chi connectivity index (χ0n) is 9.23. The van der Waals surface area contributed by atoms with Crippen LogP contribution in [0.3, 0.4) is 0 Å². The number of halogens is 1. The van der Waals surface area contributed by atoms with Gasteiger partial charge in [0.1, 0.15) is 5.82 Å². The molecule has 88 valence electrons. The van der Waals surface area contributed by atoms with Crippen LogP contribution in [0.4, 0.5) is 0 Å². The van der Waals surface area contributed by atoms with E-state index in [0.717, 1.165) is 31.8 Å². The van der Waals surface area contributed by atoms with Crippen LogP contribution in [0.15, 0.2) is 12.4 Å². The SMILES string of the molecule is O=C(CCCCCl)N1CCn2ccnc2C1. The van der Waals surface area contributed by atoms with Crippen LogP contribution in [0.1, 0.15) is 25.1 Å². The Balaban J connectivity index is 1.86. The molecule has 0 aromatic carbocycles. The van der Waals surface area contributed by atoms with Crippen LogP contribution >= 0.6 is 11.6 Å². The van der Waals surface area contributed by atoms with Gasteiger partial charge in [0, 0.05) is 37.8 Å². The van der Waals surface area contributed by atoms with E-state index in [4.69, 9.17) is 11.6 Å². The molecule has 5 heteroatoms. The maximum absolute atomic E-state index is 11.9. The number of carbonyl (C=O) groups excluding carboxylic acids is 1. The third-order valence-corrected chi connectivity index (χ3v) is 3.14. The molecule has 1 aliphatic heterocycles. The maximum Gasteiger partial charge on any atom is 0.223 e. The van der Waals surface area contributed by atoms with Crippen molar-refractivity contribution in [3.05, 3.63) is 18.2 Å². The number of alkyl halides is 1. The summed E-state index contributed by atoms with van der Waals surface area (Å²) in [6.07, 6.45) is 6.15. The molecule has 1 amide bonds. The smallest absolute Gasteiger partial charge is 0.223 e. The minimum atomic E-state index is 0.222. The summed E-state index contributed by atoms with van der Waals surface area (Å²) >= 11 is 5.58. The van der Waals surface area contributed by atoms with E-state index < -0.39 is 0 Å². The Morgan fingerprint density at radius 2 is 2.31 bits per heavy atom. The Morgan fingerprint density at radius 3 is 3.12 bits per heavy atom. The highest BCUT2D eigenvalue weighted by Crippen LogP contribution is 2.12. The quantitative estimate of drug-likeness (QED) is 0.594. The molecule has 0 bridgehead atoms. The topological polar surface area (TPSA) is 38.1 Å². The zero-order valence-corrected chi connectivity index (χ0v) is 9.99. The summed E-state index contributed by atoms with van der Waals surface area (Å²) in [7, 11) is 0. The summed E-state index contributed by atoms with van der Waals surface area (Å²) in [6.45, 7) is 2.30. The van der Waals surface area contributed by atoms with Crippen molar-refractivity contribution in [1.82, 2.24) is 14.5 Å². The Bertz CT molecular complexity index is 364. The third kappa shape index (κ3) is 2.55. The minimum Gasteiger partial charge on any atom is -0.333 e. The average molecular weight is 242 g/mol. The number of amides is 1. The molecule has 0 saturated carbocycles. The first-order valence-corrected chi connectivity index (χ1v) is 6.18. The summed E-state index contributed by atoms with van der Waals surface area (Å²) in [5.41, 5.74) is 0. The molecule has 0 unspecified atom stereocenters. The van der Waals surface area contributed by atoms with Gasteiger partial charge < -0.3 is 9.47 Å². The largest absolute Gasteiger partial charge is 0.333 e. The Labute approximate surface area is 100 Å². The van der Waals surface area contributed by atoms with Gasteiger partial charge >= 0.3 is 0 Å². The molecule has 1 aromatic rings. The first-order valence-electron chi connectivity index (χ1n) is 5.65. The highest BCUT2D eigenvalue weighted by molar-refractivity contribution is 6.17. The molecule has 1 aliphatic rings. The average Bonchev–Trinajstić information content (AvgIpc) is 2.76. The number of fused-ring (bicyclic) bond motifs is 1. The number of hydrogen-bond acceptors (Lipinski definition) is 2. The lowest BCUT2D eigenvalue weighted by molar-refractivity contribution is -0.132. The van der Waals surface area contributed by atoms with Gasteiger partial charge in [0.25, 0.3) is 0 Å². The number of nitrogens with zero attached hydrogens (tertiary/aromatic N) is 3. The van der Waals surface area contributed by atoms with Crippen molar-refractivity contribution in [2.45, 2.75) is 32.4 Å². The number of rotatable bonds is 4. The summed E-state index contributed by atoms with van der Waals surface area (Å²) in [6, 6.07) is 0. The molecule has 0 saturated heterocycles. The van der Waals surface area contributed by atoms with Gasteiger partial charge in [0.2, 0.25) is 5.91 Å². The minimum absolute atomic E-state index is 0.222. The van der Waals surface area contributed by atoms with Crippen LogP contribution < -0.4 is 0 Å². The monoisotopic (exact) mass is 241 g/mol. The molecular weight excluding hydrogens is 226 g/mol. The van der Waals surface area contributed by atoms with E-state index in [-0.39, 0.29) is 5.91 Å². The number of unbranched alkanes of at least 4 members (excludes halogenated alkanes) is 1. The first kappa shape index (κ1) is 11.5. The van der Waals surface area contributed by atoms with E-state index in [0.29, 0.717) is 18.8 Å². The normalized spacial score (nSPS) is 14.9. The van der Waals surface area contributed by atoms with Crippen LogP contribution in [0.2, 0.25) is 0 Å². The van der Waals surface area contributed by atoms with Gasteiger partial charge in [-0.1, -0.05) is 0 Å². The Kier molecular flexibility index (Phi) is 3.83. The van der Waals surface area contributed by atoms with Gasteiger partial charge in [-0.2, -0.15) is 0 Å². The van der Waals surface area contributed by atoms with Gasteiger partial charge in [-0.05, 0) is 12.8 Å². The van der Waals surface area contributed by atoms with Gasteiger partial charge in [-0.25, -0.2) is 4.98 Å². The lowest BCUT2D eigenvalue weighted by Crippen LogP contribution is -2.38. The second kappa shape index (κ2) is 5.34. The van der Waals surface area contributed by atoms with Crippen molar-refractivity contribution >= 4 is 17.5 Å². The number of aromatic nitrogens is 2. The van der Waals surface area contributed by atoms with Crippen LogP contribution in [0.25, 0.3) is 0 Å². The molecule has 0 fully saturated rings. The molecule has 4 nitrogen and oxygen atoms in total. The summed E-state index contributed by atoms with van der Waals surface area (Å²) < 4.78 is 2.10. The molecule has 0 radical (unpaired) electrons. The fourth-order valence-corrected chi connectivity index (χ4v) is 2.10. The van der Waals surface area contributed by atoms with Gasteiger partial charge in [0.05, 0.1) is 6.54 Å². The van der Waals surface area contributed by atoms with Gasteiger partial charge in [-0.3, -0.25) is 4.79 Å². The molecular formula is C11H16ClN3O. The number of carbonyl (C=O) groups is 1. The fraction of sp³-hybridized carbons (Fsp3) is 0.636. The van der Waals surface area contributed by atoms with Gasteiger partial charge in [-0.15, -0.1) is 11.6 Å². The lowest BCUT2D eigenvalue weighted by Gasteiger charge is -2.27. The maximum atomic E-state index is 11.9. The Hall–Kier alpha value is -1.03. The predicted molar refractivity (Wildman–Crippen MR) is 62.2 cm³/mol. The standard InChI is InChI=1S/C11H16ClN3O/c12-4-2-1-3-11(16)15-8-7-14-6-5-13-10(14)9-15/h5-6H,1-4,7-9H2. The zero-order chi connectivity index (χ0) is 11.4. The highest BCUT2D eigenvalue weighted by Gasteiger charge is 2.20. The Morgan fingerprint density at radius 1 is 1.44 bits per heavy atom. The van der Waals surface area contributed by atoms with Crippen molar-refractivity contribution in [3.8, 4) is 0 Å². The molecule has 1 aromatic heterocycles. The first-order chi connectivity index (χ1) is 7.81. The highest BCUT2D eigenvalue weighted by atomic mass is 35.5. The van der Waals surface area contributed by atoms with Crippen LogP contribution in [0, 0.1) is 0 Å².